The highest BCUT2D eigenvalue weighted by Gasteiger charge is 2.36. The third-order valence-electron chi connectivity index (χ3n) is 4.20. The minimum atomic E-state index is -0.865. The molecule has 0 bridgehead atoms. The molecule has 0 aliphatic carbocycles. The van der Waals surface area contributed by atoms with Crippen LogP contribution in [0.4, 0.5) is 10.5 Å². The summed E-state index contributed by atoms with van der Waals surface area (Å²) in [6.07, 6.45) is 3.00. The molecule has 4 amide bonds. The molecule has 1 saturated heterocycles. The summed E-state index contributed by atoms with van der Waals surface area (Å²) in [4.78, 5) is 38.5. The van der Waals surface area contributed by atoms with Crippen LogP contribution in [-0.2, 0) is 9.59 Å². The number of nitrogens with one attached hydrogen (secondary N) is 1. The minimum Gasteiger partial charge on any atom is -0.508 e. The Morgan fingerprint density at radius 1 is 1.16 bits per heavy atom. The van der Waals surface area contributed by atoms with Crippen molar-refractivity contribution in [3.8, 4) is 17.2 Å². The number of phenolic OH excluding ortho intramolecular Hbond substituents is 1. The van der Waals surface area contributed by atoms with Crippen molar-refractivity contribution < 1.29 is 29.0 Å². The molecule has 2 aromatic rings. The molecular weight excluding hydrogens is 515 g/mol. The van der Waals surface area contributed by atoms with Gasteiger partial charge in [0, 0.05) is 0 Å². The van der Waals surface area contributed by atoms with Crippen LogP contribution in [-0.4, -0.2) is 36.2 Å². The number of nitrogens with zero attached hydrogens (tertiary/aromatic N) is 1. The second-order valence-corrected chi connectivity index (χ2v) is 7.50. The molecule has 8 nitrogen and oxygen atoms in total. The van der Waals surface area contributed by atoms with Crippen LogP contribution in [0.25, 0.3) is 6.08 Å². The molecule has 1 fully saturated rings. The molecule has 0 radical (unpaired) electrons. The number of imide groups is 2. The molecule has 1 heterocycles. The third-order valence-corrected chi connectivity index (χ3v) is 5.00. The highest BCUT2D eigenvalue weighted by atomic mass is 127. The van der Waals surface area contributed by atoms with Crippen LogP contribution in [0.3, 0.4) is 0 Å². The van der Waals surface area contributed by atoms with Crippen molar-refractivity contribution in [1.82, 2.24) is 5.32 Å². The van der Waals surface area contributed by atoms with E-state index in [1.807, 2.05) is 6.92 Å². The minimum absolute atomic E-state index is 0.0164. The number of phenols is 1. The van der Waals surface area contributed by atoms with E-state index in [0.29, 0.717) is 33.8 Å². The van der Waals surface area contributed by atoms with E-state index in [2.05, 4.69) is 34.5 Å². The lowest BCUT2D eigenvalue weighted by molar-refractivity contribution is -0.122. The maximum absolute atomic E-state index is 13.0. The zero-order valence-corrected chi connectivity index (χ0v) is 18.7. The fraction of sp³-hybridized carbons (Fsp3) is 0.136. The summed E-state index contributed by atoms with van der Waals surface area (Å²) in [5, 5.41) is 11.6. The Balaban J connectivity index is 2.01. The Hall–Kier alpha value is -3.34. The lowest BCUT2D eigenvalue weighted by Gasteiger charge is -2.26. The Bertz CT molecular complexity index is 1080. The summed E-state index contributed by atoms with van der Waals surface area (Å²) in [5.74, 6) is -0.607. The first-order valence-electron chi connectivity index (χ1n) is 9.26. The van der Waals surface area contributed by atoms with Crippen molar-refractivity contribution in [2.24, 2.45) is 0 Å². The van der Waals surface area contributed by atoms with E-state index in [1.165, 1.54) is 30.3 Å². The largest absolute Gasteiger partial charge is 0.508 e. The van der Waals surface area contributed by atoms with Gasteiger partial charge in [-0.2, -0.15) is 0 Å². The summed E-state index contributed by atoms with van der Waals surface area (Å²) < 4.78 is 12.0. The summed E-state index contributed by atoms with van der Waals surface area (Å²) in [6.45, 7) is 6.14. The fourth-order valence-corrected chi connectivity index (χ4v) is 3.66. The number of anilines is 1. The highest BCUT2D eigenvalue weighted by Crippen LogP contribution is 2.35. The van der Waals surface area contributed by atoms with Crippen molar-refractivity contribution in [2.45, 2.75) is 6.92 Å². The highest BCUT2D eigenvalue weighted by molar-refractivity contribution is 14.1. The number of carbonyl (C=O) groups is 3. The van der Waals surface area contributed by atoms with E-state index in [1.54, 1.807) is 18.2 Å². The second-order valence-electron chi connectivity index (χ2n) is 6.34. The fourth-order valence-electron chi connectivity index (χ4n) is 2.88. The molecule has 31 heavy (non-hydrogen) atoms. The SMILES string of the molecule is C=CCOc1c(I)cc(/C=C2\C(=O)NC(=O)N(c3ccc(O)cc3)C2=O)cc1OCC. The first-order chi connectivity index (χ1) is 14.8. The van der Waals surface area contributed by atoms with Gasteiger partial charge in [0.25, 0.3) is 11.8 Å². The van der Waals surface area contributed by atoms with Gasteiger partial charge >= 0.3 is 6.03 Å². The number of rotatable bonds is 7. The van der Waals surface area contributed by atoms with Crippen LogP contribution in [0.15, 0.2) is 54.6 Å². The van der Waals surface area contributed by atoms with Crippen LogP contribution in [0.5, 0.6) is 17.2 Å². The van der Waals surface area contributed by atoms with Crippen molar-refractivity contribution >= 4 is 52.2 Å². The van der Waals surface area contributed by atoms with Crippen LogP contribution < -0.4 is 19.7 Å². The number of aromatic hydroxyl groups is 1. The number of hydrogen-bond donors (Lipinski definition) is 2. The number of hydrogen-bond acceptors (Lipinski definition) is 6. The molecular formula is C22H19IN2O6. The summed E-state index contributed by atoms with van der Waals surface area (Å²) in [7, 11) is 0. The average Bonchev–Trinajstić information content (AvgIpc) is 2.72. The Labute approximate surface area is 192 Å². The predicted octanol–water partition coefficient (Wildman–Crippen LogP) is 3.63. The van der Waals surface area contributed by atoms with Gasteiger partial charge in [0.15, 0.2) is 11.5 Å². The van der Waals surface area contributed by atoms with E-state index in [9.17, 15) is 19.5 Å². The Morgan fingerprint density at radius 2 is 1.87 bits per heavy atom. The van der Waals surface area contributed by atoms with E-state index in [4.69, 9.17) is 9.47 Å². The molecule has 1 aliphatic rings. The van der Waals surface area contributed by atoms with E-state index < -0.39 is 17.8 Å². The van der Waals surface area contributed by atoms with E-state index >= 15 is 0 Å². The standard InChI is InChI=1S/C22H19IN2O6/c1-3-9-31-19-17(23)11-13(12-18(19)30-4-2)10-16-20(27)24-22(29)25(21(16)28)14-5-7-15(26)8-6-14/h3,5-8,10-12,26H,1,4,9H2,2H3,(H,24,27,29)/b16-10+. The summed E-state index contributed by atoms with van der Waals surface area (Å²) in [6, 6.07) is 8.01. The number of ether oxygens (including phenoxy) is 2. The molecule has 2 aromatic carbocycles. The van der Waals surface area contributed by atoms with Gasteiger partial charge in [0.1, 0.15) is 17.9 Å². The number of barbiturate groups is 1. The predicted molar refractivity (Wildman–Crippen MR) is 123 cm³/mol. The van der Waals surface area contributed by atoms with Crippen LogP contribution in [0.1, 0.15) is 12.5 Å². The number of halogens is 1. The van der Waals surface area contributed by atoms with Crippen molar-refractivity contribution in [1.29, 1.82) is 0 Å². The maximum atomic E-state index is 13.0. The van der Waals surface area contributed by atoms with Crippen LogP contribution >= 0.6 is 22.6 Å². The second kappa shape index (κ2) is 9.65. The Kier molecular flexibility index (Phi) is 6.95. The maximum Gasteiger partial charge on any atom is 0.335 e. The van der Waals surface area contributed by atoms with Crippen molar-refractivity contribution in [3.05, 3.63) is 63.8 Å². The van der Waals surface area contributed by atoms with Crippen molar-refractivity contribution in [3.63, 3.8) is 0 Å². The molecule has 2 N–H and O–H groups in total. The molecule has 1 aliphatic heterocycles. The van der Waals surface area contributed by atoms with Gasteiger partial charge in [0.05, 0.1) is 15.9 Å². The van der Waals surface area contributed by atoms with Gasteiger partial charge in [-0.15, -0.1) is 0 Å². The third kappa shape index (κ3) is 4.88. The summed E-state index contributed by atoms with van der Waals surface area (Å²) in [5.41, 5.74) is 0.527. The monoisotopic (exact) mass is 534 g/mol. The van der Waals surface area contributed by atoms with Gasteiger partial charge < -0.3 is 14.6 Å². The number of carbonyl (C=O) groups excluding carboxylic acids is 3. The molecule has 0 aromatic heterocycles. The zero-order valence-electron chi connectivity index (χ0n) is 16.6. The van der Waals surface area contributed by atoms with E-state index in [0.717, 1.165) is 4.90 Å². The van der Waals surface area contributed by atoms with Crippen LogP contribution in [0, 0.1) is 3.57 Å². The van der Waals surface area contributed by atoms with Gasteiger partial charge in [-0.05, 0) is 77.6 Å². The summed E-state index contributed by atoms with van der Waals surface area (Å²) >= 11 is 2.07. The number of amides is 4. The molecule has 0 atom stereocenters. The Morgan fingerprint density at radius 3 is 2.52 bits per heavy atom. The molecule has 160 valence electrons. The average molecular weight is 534 g/mol. The molecule has 9 heteroatoms. The van der Waals surface area contributed by atoms with Gasteiger partial charge in [0.2, 0.25) is 0 Å². The topological polar surface area (TPSA) is 105 Å². The smallest absolute Gasteiger partial charge is 0.335 e. The first-order valence-corrected chi connectivity index (χ1v) is 10.3. The molecule has 0 saturated carbocycles. The molecule has 3 rings (SSSR count). The van der Waals surface area contributed by atoms with Gasteiger partial charge in [-0.1, -0.05) is 12.7 Å². The quantitative estimate of drug-likeness (QED) is 0.244. The molecule has 0 unspecified atom stereocenters. The lowest BCUT2D eigenvalue weighted by atomic mass is 10.1. The normalized spacial score (nSPS) is 15.1. The first kappa shape index (κ1) is 22.3. The number of benzene rings is 2. The molecule has 0 spiro atoms. The number of urea groups is 1. The van der Waals surface area contributed by atoms with Gasteiger partial charge in [-0.3, -0.25) is 14.9 Å². The van der Waals surface area contributed by atoms with Gasteiger partial charge in [-0.25, -0.2) is 9.69 Å². The van der Waals surface area contributed by atoms with E-state index in [-0.39, 0.29) is 17.0 Å². The zero-order chi connectivity index (χ0) is 22.5. The lowest BCUT2D eigenvalue weighted by Crippen LogP contribution is -2.54. The van der Waals surface area contributed by atoms with Crippen LogP contribution in [0.2, 0.25) is 0 Å². The van der Waals surface area contributed by atoms with Crippen molar-refractivity contribution in [2.75, 3.05) is 18.1 Å².